The molecule has 0 spiro atoms. The third-order valence-electron chi connectivity index (χ3n) is 7.00. The van der Waals surface area contributed by atoms with Crippen LogP contribution in [0.25, 0.3) is 0 Å². The molecule has 2 aromatic rings. The molecule has 1 atom stereocenters. The molecular weight excluding hydrogens is 597 g/mol. The van der Waals surface area contributed by atoms with E-state index >= 15 is 0 Å². The van der Waals surface area contributed by atoms with Gasteiger partial charge in [-0.2, -0.15) is 0 Å². The van der Waals surface area contributed by atoms with E-state index in [0.717, 1.165) is 37.5 Å². The van der Waals surface area contributed by atoms with Crippen molar-refractivity contribution in [2.75, 3.05) is 24.2 Å². The van der Waals surface area contributed by atoms with Crippen LogP contribution in [0, 0.1) is 0 Å². The molecule has 1 fully saturated rings. The molecule has 1 aliphatic rings. The minimum absolute atomic E-state index is 0.0322. The average molecular weight is 633 g/mol. The fourth-order valence-electron chi connectivity index (χ4n) is 4.94. The monoisotopic (exact) mass is 631 g/mol. The molecule has 0 aliphatic heterocycles. The largest absolute Gasteiger partial charge is 0.495 e. The first-order valence-electron chi connectivity index (χ1n) is 13.3. The Morgan fingerprint density at radius 2 is 1.75 bits per heavy atom. The zero-order valence-corrected chi connectivity index (χ0v) is 26.0. The minimum Gasteiger partial charge on any atom is -0.495 e. The number of halogens is 3. The van der Waals surface area contributed by atoms with E-state index in [1.54, 1.807) is 35.2 Å². The van der Waals surface area contributed by atoms with Crippen molar-refractivity contribution in [2.24, 2.45) is 0 Å². The van der Waals surface area contributed by atoms with Crippen molar-refractivity contribution in [2.45, 2.75) is 70.5 Å². The third-order valence-corrected chi connectivity index (χ3v) is 9.23. The summed E-state index contributed by atoms with van der Waals surface area (Å²) in [5.74, 6) is -0.0253. The van der Waals surface area contributed by atoms with Crippen molar-refractivity contribution in [1.29, 1.82) is 0 Å². The summed E-state index contributed by atoms with van der Waals surface area (Å²) in [6, 6.07) is 9.25. The van der Waals surface area contributed by atoms with Gasteiger partial charge in [0.15, 0.2) is 0 Å². The lowest BCUT2D eigenvalue weighted by molar-refractivity contribution is -0.141. The van der Waals surface area contributed by atoms with Gasteiger partial charge in [-0.1, -0.05) is 60.6 Å². The summed E-state index contributed by atoms with van der Waals surface area (Å²) in [6.07, 6.45) is 5.79. The van der Waals surface area contributed by atoms with Crippen molar-refractivity contribution < 1.29 is 22.7 Å². The van der Waals surface area contributed by atoms with Crippen LogP contribution in [0.2, 0.25) is 15.1 Å². The molecule has 2 amide bonds. The first-order chi connectivity index (χ1) is 18.9. The number of carbonyl (C=O) groups excluding carboxylic acids is 2. The highest BCUT2D eigenvalue weighted by Gasteiger charge is 2.31. The smallest absolute Gasteiger partial charge is 0.243 e. The summed E-state index contributed by atoms with van der Waals surface area (Å²) in [5, 5.41) is 4.14. The zero-order valence-electron chi connectivity index (χ0n) is 23.0. The minimum atomic E-state index is -3.66. The normalized spacial score (nSPS) is 14.6. The number of anilines is 1. The molecule has 40 heavy (non-hydrogen) atoms. The first-order valence-corrected chi connectivity index (χ1v) is 16.3. The number of benzene rings is 2. The predicted octanol–water partition coefficient (Wildman–Crippen LogP) is 6.07. The van der Waals surface area contributed by atoms with E-state index in [4.69, 9.17) is 39.5 Å². The number of carbonyl (C=O) groups is 2. The number of amides is 2. The number of rotatable bonds is 13. The van der Waals surface area contributed by atoms with Crippen LogP contribution in [-0.4, -0.2) is 57.1 Å². The Morgan fingerprint density at radius 1 is 1.05 bits per heavy atom. The molecule has 1 saturated carbocycles. The topological polar surface area (TPSA) is 96.0 Å². The van der Waals surface area contributed by atoms with E-state index < -0.39 is 16.1 Å². The van der Waals surface area contributed by atoms with Crippen LogP contribution < -0.4 is 14.4 Å². The quantitative estimate of drug-likeness (QED) is 0.289. The van der Waals surface area contributed by atoms with E-state index in [1.165, 1.54) is 17.5 Å². The lowest BCUT2D eigenvalue weighted by Gasteiger charge is -2.32. The number of hydrogen-bond acceptors (Lipinski definition) is 5. The number of methoxy groups -OCH3 is 1. The van der Waals surface area contributed by atoms with Crippen LogP contribution in [0.5, 0.6) is 5.75 Å². The van der Waals surface area contributed by atoms with Gasteiger partial charge in [0.05, 0.1) is 34.1 Å². The standard InChI is InChI=1S/C28H36Cl3N3O5S/c1-4-25(28(36)32-20-8-5-6-9-20)33(18-19-11-13-22(29)23(30)16-19)27(35)10-7-15-34(40(3,37)38)21-12-14-26(39-2)24(31)17-21/h11-14,16-17,20,25H,4-10,15,18H2,1-3H3,(H,32,36)/t25-/m1/s1. The number of nitrogens with one attached hydrogen (secondary N) is 1. The number of hydrogen-bond donors (Lipinski definition) is 1. The summed E-state index contributed by atoms with van der Waals surface area (Å²) in [7, 11) is -2.19. The molecule has 12 heteroatoms. The Kier molecular flexibility index (Phi) is 11.8. The predicted molar refractivity (Wildman–Crippen MR) is 161 cm³/mol. The summed E-state index contributed by atoms with van der Waals surface area (Å²) < 4.78 is 31.6. The molecular formula is C28H36Cl3N3O5S. The van der Waals surface area contributed by atoms with Crippen molar-refractivity contribution in [3.63, 3.8) is 0 Å². The molecule has 1 N–H and O–H groups in total. The Labute approximate surface area is 251 Å². The highest BCUT2D eigenvalue weighted by Crippen LogP contribution is 2.31. The molecule has 1 aliphatic carbocycles. The SMILES string of the molecule is CC[C@H](C(=O)NC1CCCC1)N(Cc1ccc(Cl)c(Cl)c1)C(=O)CCCN(c1ccc(OC)c(Cl)c1)S(C)(=O)=O. The maximum atomic E-state index is 13.6. The van der Waals surface area contributed by atoms with Gasteiger partial charge < -0.3 is 15.0 Å². The Bertz CT molecular complexity index is 1300. The fourth-order valence-corrected chi connectivity index (χ4v) is 6.47. The molecule has 0 bridgehead atoms. The Hall–Kier alpha value is -2.20. The molecule has 220 valence electrons. The van der Waals surface area contributed by atoms with Crippen LogP contribution >= 0.6 is 34.8 Å². The molecule has 8 nitrogen and oxygen atoms in total. The van der Waals surface area contributed by atoms with Crippen LogP contribution in [0.4, 0.5) is 5.69 Å². The summed E-state index contributed by atoms with van der Waals surface area (Å²) in [6.45, 7) is 2.09. The second-order valence-electron chi connectivity index (χ2n) is 9.94. The fraction of sp³-hybridized carbons (Fsp3) is 0.500. The van der Waals surface area contributed by atoms with Crippen molar-refractivity contribution in [1.82, 2.24) is 10.2 Å². The van der Waals surface area contributed by atoms with E-state index in [2.05, 4.69) is 5.32 Å². The summed E-state index contributed by atoms with van der Waals surface area (Å²) in [5.41, 5.74) is 1.11. The van der Waals surface area contributed by atoms with Crippen molar-refractivity contribution in [3.05, 3.63) is 57.0 Å². The van der Waals surface area contributed by atoms with Crippen molar-refractivity contribution in [3.8, 4) is 5.75 Å². The average Bonchev–Trinajstić information content (AvgIpc) is 3.40. The Morgan fingerprint density at radius 3 is 2.33 bits per heavy atom. The van der Waals surface area contributed by atoms with Gasteiger partial charge in [-0.3, -0.25) is 13.9 Å². The third kappa shape index (κ3) is 8.65. The van der Waals surface area contributed by atoms with Gasteiger partial charge in [0.25, 0.3) is 0 Å². The van der Waals surface area contributed by atoms with Crippen LogP contribution in [0.1, 0.15) is 57.4 Å². The Balaban J connectivity index is 1.79. The highest BCUT2D eigenvalue weighted by atomic mass is 35.5. The molecule has 3 rings (SSSR count). The van der Waals surface area contributed by atoms with E-state index in [9.17, 15) is 18.0 Å². The lowest BCUT2D eigenvalue weighted by Crippen LogP contribution is -2.51. The maximum absolute atomic E-state index is 13.6. The lowest BCUT2D eigenvalue weighted by atomic mass is 10.1. The van der Waals surface area contributed by atoms with Crippen molar-refractivity contribution >= 4 is 62.3 Å². The van der Waals surface area contributed by atoms with E-state index in [1.807, 2.05) is 6.92 Å². The maximum Gasteiger partial charge on any atom is 0.243 e. The first kappa shape index (κ1) is 32.3. The molecule has 0 unspecified atom stereocenters. The summed E-state index contributed by atoms with van der Waals surface area (Å²) in [4.78, 5) is 28.5. The molecule has 0 heterocycles. The molecule has 2 aromatic carbocycles. The summed E-state index contributed by atoms with van der Waals surface area (Å²) >= 11 is 18.5. The van der Waals surface area contributed by atoms with Gasteiger partial charge in [0, 0.05) is 25.6 Å². The molecule has 0 radical (unpaired) electrons. The highest BCUT2D eigenvalue weighted by molar-refractivity contribution is 7.92. The van der Waals surface area contributed by atoms with Gasteiger partial charge in [-0.25, -0.2) is 8.42 Å². The van der Waals surface area contributed by atoms with E-state index in [0.29, 0.717) is 27.9 Å². The van der Waals surface area contributed by atoms with Gasteiger partial charge in [-0.05, 0) is 61.6 Å². The molecule has 0 saturated heterocycles. The van der Waals surface area contributed by atoms with Crippen LogP contribution in [0.3, 0.4) is 0 Å². The van der Waals surface area contributed by atoms with Gasteiger partial charge in [0.2, 0.25) is 21.8 Å². The van der Waals surface area contributed by atoms with Crippen LogP contribution in [-0.2, 0) is 26.2 Å². The second kappa shape index (κ2) is 14.6. The second-order valence-corrected chi connectivity index (χ2v) is 13.1. The number of nitrogens with zero attached hydrogens (tertiary/aromatic N) is 2. The molecule has 0 aromatic heterocycles. The van der Waals surface area contributed by atoms with Gasteiger partial charge in [0.1, 0.15) is 11.8 Å². The van der Waals surface area contributed by atoms with Crippen LogP contribution in [0.15, 0.2) is 36.4 Å². The van der Waals surface area contributed by atoms with E-state index in [-0.39, 0.29) is 48.8 Å². The van der Waals surface area contributed by atoms with Gasteiger partial charge in [-0.15, -0.1) is 0 Å². The number of ether oxygens (including phenoxy) is 1. The number of sulfonamides is 1. The van der Waals surface area contributed by atoms with Gasteiger partial charge >= 0.3 is 0 Å². The zero-order chi connectivity index (χ0) is 29.4.